The third-order valence-electron chi connectivity index (χ3n) is 33.0. The van der Waals surface area contributed by atoms with Gasteiger partial charge in [0.15, 0.2) is 34.9 Å². The van der Waals surface area contributed by atoms with E-state index in [0.29, 0.717) is 130 Å². The van der Waals surface area contributed by atoms with Gasteiger partial charge in [0, 0.05) is 66.3 Å². The molecule has 150 heavy (non-hydrogen) atoms. The molecule has 6 fully saturated rings. The van der Waals surface area contributed by atoms with Crippen molar-refractivity contribution in [3.05, 3.63) is 420 Å². The largest absolute Gasteiger partial charge is 0.207 e. The fourth-order valence-electron chi connectivity index (χ4n) is 22.5. The van der Waals surface area contributed by atoms with Crippen LogP contribution in [-0.4, -0.2) is 0 Å². The van der Waals surface area contributed by atoms with Gasteiger partial charge in [-0.3, -0.25) is 0 Å². The van der Waals surface area contributed by atoms with E-state index in [0.717, 1.165) is 172 Å². The van der Waals surface area contributed by atoms with E-state index in [2.05, 4.69) is 41.5 Å². The molecule has 0 heterocycles. The molecular formula is C132H150F18. The van der Waals surface area contributed by atoms with Crippen molar-refractivity contribution < 1.29 is 79.0 Å². The summed E-state index contributed by atoms with van der Waals surface area (Å²) in [5.74, 6) is -3.72. The van der Waals surface area contributed by atoms with E-state index >= 15 is 0 Å². The Morgan fingerprint density at radius 2 is 0.347 bits per heavy atom. The SMILES string of the molecule is Cc1c(F)cc(Cc2c(F)cc(CC3CCC(C)CC3)cc2F)cc1F.Cc1c(F)cc(Cc2ccc(CC3CCC(C)CC3)c(F)c2F)cc1F.Cc1ccc(Cc2c(F)cc(CC3CCC(C)CC3)cc2F)cc1.Cc1ccc(Cc2c(F)cc(CC3CCC(C)CC3)cc2F)cc1F.Cc1ccc(Cc2ccc(CC3CCC(C)CC3)c(F)c2F)cc1.Cc1ccc(Cc2ccc(CC3CCC(C)CC3)c(F)c2F)cc1F. The van der Waals surface area contributed by atoms with E-state index in [4.69, 9.17) is 0 Å². The van der Waals surface area contributed by atoms with Gasteiger partial charge in [-0.1, -0.05) is 239 Å². The van der Waals surface area contributed by atoms with Crippen LogP contribution >= 0.6 is 0 Å². The van der Waals surface area contributed by atoms with Gasteiger partial charge in [-0.05, 0) is 396 Å². The maximum Gasteiger partial charge on any atom is 0.162 e. The Bertz CT molecular complexity index is 6310. The van der Waals surface area contributed by atoms with Crippen LogP contribution in [0.2, 0.25) is 0 Å². The highest BCUT2D eigenvalue weighted by Crippen LogP contribution is 2.41. The van der Waals surface area contributed by atoms with E-state index in [1.165, 1.54) is 138 Å². The van der Waals surface area contributed by atoms with Crippen LogP contribution in [0, 0.1) is 217 Å². The molecule has 12 aromatic carbocycles. The predicted molar refractivity (Wildman–Crippen MR) is 571 cm³/mol. The number of hydrogen-bond acceptors (Lipinski definition) is 0. The maximum absolute atomic E-state index is 14.5. The second kappa shape index (κ2) is 55.3. The molecule has 0 atom stereocenters. The number of aryl methyl sites for hydroxylation is 4. The highest BCUT2D eigenvalue weighted by molar-refractivity contribution is 5.41. The Morgan fingerprint density at radius 3 is 0.607 bits per heavy atom. The Morgan fingerprint density at radius 1 is 0.167 bits per heavy atom. The van der Waals surface area contributed by atoms with Crippen molar-refractivity contribution in [2.45, 2.75) is 314 Å². The van der Waals surface area contributed by atoms with Crippen molar-refractivity contribution in [3.8, 4) is 0 Å². The van der Waals surface area contributed by atoms with Crippen LogP contribution in [0.4, 0.5) is 79.0 Å². The van der Waals surface area contributed by atoms with Crippen LogP contribution in [0.3, 0.4) is 0 Å². The Balaban J connectivity index is 0.000000150. The van der Waals surface area contributed by atoms with Gasteiger partial charge in [-0.2, -0.15) is 0 Å². The fourth-order valence-corrected chi connectivity index (χ4v) is 22.5. The summed E-state index contributed by atoms with van der Waals surface area (Å²) in [4.78, 5) is 0. The van der Waals surface area contributed by atoms with Crippen LogP contribution in [0.25, 0.3) is 0 Å². The van der Waals surface area contributed by atoms with Gasteiger partial charge in [0.25, 0.3) is 0 Å². The average molecular weight is 2080 g/mol. The highest BCUT2D eigenvalue weighted by atomic mass is 19.2. The van der Waals surface area contributed by atoms with Gasteiger partial charge in [0.2, 0.25) is 0 Å². The summed E-state index contributed by atoms with van der Waals surface area (Å²) in [6, 6.07) is 48.7. The van der Waals surface area contributed by atoms with E-state index in [1.807, 2.05) is 62.4 Å². The zero-order valence-electron chi connectivity index (χ0n) is 89.5. The minimum atomic E-state index is -0.909. The molecule has 0 aliphatic heterocycles. The summed E-state index contributed by atoms with van der Waals surface area (Å²) in [6.45, 7) is 23.6. The fraction of sp³-hybridized carbons (Fsp3) is 0.455. The number of rotatable bonds is 24. The van der Waals surface area contributed by atoms with E-state index in [9.17, 15) is 79.0 Å². The molecule has 0 saturated heterocycles. The molecule has 18 heteroatoms. The lowest BCUT2D eigenvalue weighted by Gasteiger charge is -2.26. The van der Waals surface area contributed by atoms with Crippen LogP contribution < -0.4 is 0 Å². The average Bonchev–Trinajstić information content (AvgIpc) is 0.838. The smallest absolute Gasteiger partial charge is 0.162 e. The predicted octanol–water partition coefficient (Wildman–Crippen LogP) is 38.2. The van der Waals surface area contributed by atoms with Crippen LogP contribution in [-0.2, 0) is 77.0 Å². The second-order valence-corrected chi connectivity index (χ2v) is 45.7. The van der Waals surface area contributed by atoms with Crippen molar-refractivity contribution >= 4 is 0 Å². The van der Waals surface area contributed by atoms with E-state index in [-0.39, 0.29) is 87.4 Å². The number of benzene rings is 12. The molecular weight excluding hydrogens is 1930 g/mol. The molecule has 0 bridgehead atoms. The lowest BCUT2D eigenvalue weighted by molar-refractivity contribution is 0.286. The highest BCUT2D eigenvalue weighted by Gasteiger charge is 2.31. The van der Waals surface area contributed by atoms with Gasteiger partial charge in [0.1, 0.15) is 69.8 Å². The first-order valence-corrected chi connectivity index (χ1v) is 54.9. The first-order chi connectivity index (χ1) is 71.6. The van der Waals surface area contributed by atoms with Gasteiger partial charge in [0.05, 0.1) is 0 Å². The minimum absolute atomic E-state index is 0.0178. The molecule has 0 nitrogen and oxygen atoms in total. The summed E-state index contributed by atoms with van der Waals surface area (Å²) in [7, 11) is 0. The van der Waals surface area contributed by atoms with Crippen LogP contribution in [0.5, 0.6) is 0 Å². The summed E-state index contributed by atoms with van der Waals surface area (Å²) in [6.07, 6.45) is 32.4. The Labute approximate surface area is 879 Å². The van der Waals surface area contributed by atoms with Crippen molar-refractivity contribution in [2.75, 3.05) is 0 Å². The van der Waals surface area contributed by atoms with Crippen LogP contribution in [0.15, 0.2) is 182 Å². The van der Waals surface area contributed by atoms with Crippen molar-refractivity contribution in [1.29, 1.82) is 0 Å². The zero-order valence-corrected chi connectivity index (χ0v) is 89.5. The van der Waals surface area contributed by atoms with Crippen molar-refractivity contribution in [3.63, 3.8) is 0 Å². The number of halogens is 18. The third kappa shape index (κ3) is 33.9. The third-order valence-corrected chi connectivity index (χ3v) is 33.0. The van der Waals surface area contributed by atoms with Gasteiger partial charge in [-0.25, -0.2) is 79.0 Å². The first kappa shape index (κ1) is 116. The molecule has 0 radical (unpaired) electrons. The summed E-state index contributed by atoms with van der Waals surface area (Å²) >= 11 is 0. The summed E-state index contributed by atoms with van der Waals surface area (Å²) in [5, 5.41) is 0. The summed E-state index contributed by atoms with van der Waals surface area (Å²) < 4.78 is 256. The Hall–Kier alpha value is -10.6. The Kier molecular flexibility index (Phi) is 42.9. The van der Waals surface area contributed by atoms with Crippen molar-refractivity contribution in [1.82, 2.24) is 0 Å². The zero-order chi connectivity index (χ0) is 108. The van der Waals surface area contributed by atoms with Gasteiger partial charge < -0.3 is 0 Å². The molecule has 6 aliphatic rings. The molecule has 0 N–H and O–H groups in total. The summed E-state index contributed by atoms with van der Waals surface area (Å²) in [5.41, 5.74) is 11.4. The topological polar surface area (TPSA) is 0 Å². The standard InChI is InChI=1S/2C22H24F4.2C22H25F3.2C22H26F2/c1-13-3-5-15(6-4-13)7-16-11-21(25)18(22(26)12-16)8-17-9-19(23)14(2)20(24)10-17;1-13-3-5-15(6-4-13)9-17-7-8-18(22(26)21(17)25)10-16-11-19(23)14(2)20(24)12-16;1-14-3-6-16(7-4-14)9-18-12-21(24)19(22(25)13-18)10-17-8-5-15(2)20(23)11-17;1-14-3-6-16(7-4-14)11-18-9-10-19(22(25)21(18)24)12-17-8-5-15(2)20(23)13-17;1-15-3-7-17(8-4-15)11-19-13-21(23)20(22(24)14-19)12-18-9-5-16(2)6-10-18;1-15-3-7-17(8-4-15)13-19-11-12-20(22(24)21(19)23)14-18-9-5-16(2)6-10-18/h9-13,15H,3-8H2,1-2H3;7-8,11-13,15H,3-6,9-10H2,1-2H3;5,8,11-14,16H,3-4,6-7,9-10H2,1-2H3;5,8-10,13-14,16H,3-4,6-7,11-12H2,1-2H3;5-6,9-10,13-15,17H,3-4,7-8,11-12H2,1-2H3;3-4,7-8,11-12,16,18H,5-6,9-10,13-14H2,1-2H3. The molecule has 804 valence electrons. The quantitative estimate of drug-likeness (QED) is 0.0529. The van der Waals surface area contributed by atoms with E-state index < -0.39 is 93.1 Å². The monoisotopic (exact) mass is 2080 g/mol. The molecule has 12 aromatic rings. The minimum Gasteiger partial charge on any atom is -0.207 e. The normalized spacial score (nSPS) is 20.7. The first-order valence-electron chi connectivity index (χ1n) is 54.9. The molecule has 0 aromatic heterocycles. The van der Waals surface area contributed by atoms with Gasteiger partial charge in [-0.15, -0.1) is 0 Å². The lowest BCUT2D eigenvalue weighted by atomic mass is 9.80. The van der Waals surface area contributed by atoms with Gasteiger partial charge >= 0.3 is 0 Å². The maximum atomic E-state index is 14.5. The molecule has 6 saturated carbocycles. The molecule has 0 amide bonds. The van der Waals surface area contributed by atoms with E-state index in [1.54, 1.807) is 80.6 Å². The molecule has 18 rings (SSSR count). The second-order valence-electron chi connectivity index (χ2n) is 45.7. The molecule has 0 spiro atoms. The van der Waals surface area contributed by atoms with Crippen molar-refractivity contribution in [2.24, 2.45) is 71.0 Å². The molecule has 6 aliphatic carbocycles. The number of hydrogen-bond donors (Lipinski definition) is 0. The molecule has 0 unspecified atom stereocenters. The lowest BCUT2D eigenvalue weighted by Crippen LogP contribution is -2.15. The van der Waals surface area contributed by atoms with Crippen LogP contribution in [0.1, 0.15) is 329 Å².